The first-order valence-electron chi connectivity index (χ1n) is 11.1. The summed E-state index contributed by atoms with van der Waals surface area (Å²) in [7, 11) is 0. The minimum absolute atomic E-state index is 0.00357. The number of carbonyl (C=O) groups excluding carboxylic acids is 2. The van der Waals surface area contributed by atoms with Crippen LogP contribution in [0.25, 0.3) is 0 Å². The van der Waals surface area contributed by atoms with Crippen LogP contribution >= 0.6 is 11.3 Å². The van der Waals surface area contributed by atoms with Gasteiger partial charge in [-0.1, -0.05) is 49.1 Å². The van der Waals surface area contributed by atoms with Gasteiger partial charge in [-0.3, -0.25) is 14.9 Å². The number of aryl methyl sites for hydroxylation is 2. The van der Waals surface area contributed by atoms with Crippen LogP contribution in [0.4, 0.5) is 5.13 Å². The predicted octanol–water partition coefficient (Wildman–Crippen LogP) is 5.17. The van der Waals surface area contributed by atoms with Gasteiger partial charge in [0, 0.05) is 17.3 Å². The van der Waals surface area contributed by atoms with E-state index in [0.717, 1.165) is 12.8 Å². The topological polar surface area (TPSA) is 84.2 Å². The maximum Gasteiger partial charge on any atom is 0.260 e. The highest BCUT2D eigenvalue weighted by Gasteiger charge is 2.34. The molecule has 0 aliphatic heterocycles. The zero-order valence-corrected chi connectivity index (χ0v) is 19.4. The molecule has 1 fully saturated rings. The number of hydrogen-bond acceptors (Lipinski definition) is 5. The van der Waals surface area contributed by atoms with Crippen LogP contribution in [-0.4, -0.2) is 23.3 Å². The number of hydrogen-bond donors (Lipinski definition) is 2. The van der Waals surface area contributed by atoms with E-state index in [0.29, 0.717) is 28.7 Å². The van der Waals surface area contributed by atoms with Crippen molar-refractivity contribution in [1.29, 1.82) is 0 Å². The summed E-state index contributed by atoms with van der Waals surface area (Å²) in [6, 6.07) is 10.3. The molecule has 4 rings (SSSR count). The van der Waals surface area contributed by atoms with E-state index >= 15 is 0 Å². The van der Waals surface area contributed by atoms with Crippen LogP contribution in [0.1, 0.15) is 65.0 Å². The van der Waals surface area contributed by atoms with Gasteiger partial charge in [-0.05, 0) is 38.3 Å². The zero-order valence-electron chi connectivity index (χ0n) is 18.6. The molecule has 0 atom stereocenters. The molecule has 3 aromatic rings. The van der Waals surface area contributed by atoms with Crippen molar-refractivity contribution >= 4 is 28.3 Å². The number of amides is 2. The van der Waals surface area contributed by atoms with Crippen molar-refractivity contribution < 1.29 is 14.0 Å². The molecule has 2 aromatic heterocycles. The fourth-order valence-corrected chi connectivity index (χ4v) is 5.20. The fourth-order valence-electron chi connectivity index (χ4n) is 4.50. The summed E-state index contributed by atoms with van der Waals surface area (Å²) in [5.41, 5.74) is 3.71. The van der Waals surface area contributed by atoms with Crippen LogP contribution in [0.3, 0.4) is 0 Å². The molecule has 1 aliphatic carbocycles. The third kappa shape index (κ3) is 5.10. The Morgan fingerprint density at radius 3 is 2.69 bits per heavy atom. The molecule has 0 bridgehead atoms. The molecule has 2 N–H and O–H groups in total. The van der Waals surface area contributed by atoms with E-state index in [2.05, 4.69) is 46.8 Å². The van der Waals surface area contributed by atoms with Gasteiger partial charge in [-0.25, -0.2) is 4.98 Å². The zero-order chi connectivity index (χ0) is 22.6. The lowest BCUT2D eigenvalue weighted by atomic mass is 9.69. The SMILES string of the molecule is Cc1cccc(C2(CNC(=O)Cc3csc(NC(=O)c4ccoc4C)n3)CCCCC2)c1. The second-order valence-corrected chi connectivity index (χ2v) is 9.51. The van der Waals surface area contributed by atoms with E-state index in [9.17, 15) is 9.59 Å². The second-order valence-electron chi connectivity index (χ2n) is 8.65. The van der Waals surface area contributed by atoms with Gasteiger partial charge in [-0.2, -0.15) is 0 Å². The van der Waals surface area contributed by atoms with Crippen molar-refractivity contribution in [2.75, 3.05) is 11.9 Å². The van der Waals surface area contributed by atoms with Crippen LogP contribution in [0, 0.1) is 13.8 Å². The molecule has 168 valence electrons. The van der Waals surface area contributed by atoms with Gasteiger partial charge in [0.05, 0.1) is 23.9 Å². The Labute approximate surface area is 192 Å². The standard InChI is InChI=1S/C25H29N3O3S/c1-17-7-6-8-19(13-17)25(10-4-3-5-11-25)16-26-22(29)14-20-15-32-24(27-20)28-23(30)21-9-12-31-18(21)2/h6-9,12-13,15H,3-5,10-11,14,16H2,1-2H3,(H,26,29)(H,27,28,30). The summed E-state index contributed by atoms with van der Waals surface area (Å²) >= 11 is 1.31. The van der Waals surface area contributed by atoms with Gasteiger partial charge in [-0.15, -0.1) is 11.3 Å². The first kappa shape index (κ1) is 22.3. The molecule has 0 radical (unpaired) electrons. The quantitative estimate of drug-likeness (QED) is 0.519. The van der Waals surface area contributed by atoms with Crippen LogP contribution in [0.5, 0.6) is 0 Å². The van der Waals surface area contributed by atoms with Crippen molar-refractivity contribution in [2.24, 2.45) is 0 Å². The van der Waals surface area contributed by atoms with E-state index in [4.69, 9.17) is 4.42 Å². The summed E-state index contributed by atoms with van der Waals surface area (Å²) in [6.45, 7) is 4.50. The molecule has 0 saturated heterocycles. The molecular formula is C25H29N3O3S. The number of nitrogens with one attached hydrogen (secondary N) is 2. The molecule has 1 aromatic carbocycles. The molecule has 6 nitrogen and oxygen atoms in total. The molecule has 7 heteroatoms. The molecule has 1 aliphatic rings. The maximum absolute atomic E-state index is 12.7. The molecule has 2 heterocycles. The first-order chi connectivity index (χ1) is 15.4. The third-order valence-corrected chi connectivity index (χ3v) is 7.09. The number of carbonyl (C=O) groups is 2. The van der Waals surface area contributed by atoms with Gasteiger partial charge in [0.1, 0.15) is 5.76 Å². The Kier molecular flexibility index (Phi) is 6.74. The van der Waals surface area contributed by atoms with Crippen LogP contribution < -0.4 is 10.6 Å². The predicted molar refractivity (Wildman–Crippen MR) is 126 cm³/mol. The van der Waals surface area contributed by atoms with Crippen molar-refractivity contribution in [3.05, 3.63) is 70.1 Å². The number of aromatic nitrogens is 1. The van der Waals surface area contributed by atoms with E-state index in [1.54, 1.807) is 13.0 Å². The number of nitrogens with zero attached hydrogens (tertiary/aromatic N) is 1. The largest absolute Gasteiger partial charge is 0.469 e. The summed E-state index contributed by atoms with van der Waals surface area (Å²) in [5, 5.41) is 8.23. The number of thiazole rings is 1. The Morgan fingerprint density at radius 2 is 1.97 bits per heavy atom. The second kappa shape index (κ2) is 9.69. The van der Waals surface area contributed by atoms with Crippen molar-refractivity contribution in [3.8, 4) is 0 Å². The lowest BCUT2D eigenvalue weighted by Gasteiger charge is -2.38. The molecule has 0 unspecified atom stereocenters. The lowest BCUT2D eigenvalue weighted by molar-refractivity contribution is -0.120. The van der Waals surface area contributed by atoms with Crippen LogP contribution in [-0.2, 0) is 16.6 Å². The minimum atomic E-state index is -0.265. The third-order valence-electron chi connectivity index (χ3n) is 6.28. The number of benzene rings is 1. The van der Waals surface area contributed by atoms with Gasteiger partial charge in [0.15, 0.2) is 5.13 Å². The average Bonchev–Trinajstić information content (AvgIpc) is 3.41. The first-order valence-corrected chi connectivity index (χ1v) is 12.0. The Hall–Kier alpha value is -2.93. The van der Waals surface area contributed by atoms with Crippen LogP contribution in [0.15, 0.2) is 46.4 Å². The monoisotopic (exact) mass is 451 g/mol. The van der Waals surface area contributed by atoms with Gasteiger partial charge in [0.25, 0.3) is 5.91 Å². The van der Waals surface area contributed by atoms with Gasteiger partial charge >= 0.3 is 0 Å². The molecule has 1 saturated carbocycles. The fraction of sp³-hybridized carbons (Fsp3) is 0.400. The summed E-state index contributed by atoms with van der Waals surface area (Å²) in [5.74, 6) is 0.249. The average molecular weight is 452 g/mol. The van der Waals surface area contributed by atoms with Crippen molar-refractivity contribution in [2.45, 2.75) is 57.8 Å². The maximum atomic E-state index is 12.7. The Bertz CT molecular complexity index is 1100. The van der Waals surface area contributed by atoms with E-state index in [-0.39, 0.29) is 23.7 Å². The van der Waals surface area contributed by atoms with E-state index < -0.39 is 0 Å². The minimum Gasteiger partial charge on any atom is -0.469 e. The van der Waals surface area contributed by atoms with Crippen molar-refractivity contribution in [1.82, 2.24) is 10.3 Å². The Balaban J connectivity index is 1.36. The summed E-state index contributed by atoms with van der Waals surface area (Å²) in [6.07, 6.45) is 7.50. The molecule has 2 amide bonds. The number of anilines is 1. The number of rotatable bonds is 7. The van der Waals surface area contributed by atoms with Crippen LogP contribution in [0.2, 0.25) is 0 Å². The highest BCUT2D eigenvalue weighted by atomic mass is 32.1. The highest BCUT2D eigenvalue weighted by Crippen LogP contribution is 2.39. The van der Waals surface area contributed by atoms with E-state index in [1.165, 1.54) is 48.0 Å². The lowest BCUT2D eigenvalue weighted by Crippen LogP contribution is -2.42. The van der Waals surface area contributed by atoms with Crippen molar-refractivity contribution in [3.63, 3.8) is 0 Å². The summed E-state index contributed by atoms with van der Waals surface area (Å²) < 4.78 is 5.17. The highest BCUT2D eigenvalue weighted by molar-refractivity contribution is 7.14. The van der Waals surface area contributed by atoms with Gasteiger partial charge in [0.2, 0.25) is 5.91 Å². The Morgan fingerprint density at radius 1 is 1.16 bits per heavy atom. The smallest absolute Gasteiger partial charge is 0.260 e. The number of furan rings is 1. The molecular weight excluding hydrogens is 422 g/mol. The van der Waals surface area contributed by atoms with E-state index in [1.807, 2.05) is 5.38 Å². The molecule has 32 heavy (non-hydrogen) atoms. The van der Waals surface area contributed by atoms with Gasteiger partial charge < -0.3 is 9.73 Å². The normalized spacial score (nSPS) is 15.3. The summed E-state index contributed by atoms with van der Waals surface area (Å²) in [4.78, 5) is 29.4. The molecule has 0 spiro atoms.